The van der Waals surface area contributed by atoms with E-state index < -0.39 is 29.4 Å². The fourth-order valence-corrected chi connectivity index (χ4v) is 3.89. The highest BCUT2D eigenvalue weighted by Crippen LogP contribution is 2.25. The Morgan fingerprint density at radius 3 is 2.48 bits per heavy atom. The van der Waals surface area contributed by atoms with E-state index in [4.69, 9.17) is 4.74 Å². The Morgan fingerprint density at radius 1 is 1.03 bits per heavy atom. The second-order valence-electron chi connectivity index (χ2n) is 8.59. The van der Waals surface area contributed by atoms with E-state index >= 15 is 0 Å². The SMILES string of the molecule is CC(C)(C)OC(=O)N1CCC[C@H]1C(=O)N1CCCN(c2ccc(F)cc2F)CC1. The van der Waals surface area contributed by atoms with Crippen molar-refractivity contribution in [3.63, 3.8) is 0 Å². The van der Waals surface area contributed by atoms with Gasteiger partial charge in [-0.25, -0.2) is 13.6 Å². The number of amides is 2. The smallest absolute Gasteiger partial charge is 0.410 e. The molecule has 2 aliphatic heterocycles. The standard InChI is InChI=1S/C21H29F2N3O3/c1-21(2,3)29-20(28)26-11-4-6-18(26)19(27)25-10-5-9-24(12-13-25)17-8-7-15(22)14-16(17)23/h7-8,14,18H,4-6,9-13H2,1-3H3/t18-/m0/s1. The monoisotopic (exact) mass is 409 g/mol. The predicted octanol–water partition coefficient (Wildman–Crippen LogP) is 3.40. The molecular formula is C21H29F2N3O3. The predicted molar refractivity (Wildman–Crippen MR) is 106 cm³/mol. The second kappa shape index (κ2) is 8.55. The number of hydrogen-bond donors (Lipinski definition) is 0. The molecular weight excluding hydrogens is 380 g/mol. The van der Waals surface area contributed by atoms with E-state index in [1.54, 1.807) is 25.7 Å². The third-order valence-electron chi connectivity index (χ3n) is 5.22. The van der Waals surface area contributed by atoms with Gasteiger partial charge in [0.1, 0.15) is 23.3 Å². The van der Waals surface area contributed by atoms with Crippen molar-refractivity contribution < 1.29 is 23.1 Å². The van der Waals surface area contributed by atoms with Gasteiger partial charge in [-0.15, -0.1) is 0 Å². The van der Waals surface area contributed by atoms with Gasteiger partial charge < -0.3 is 14.5 Å². The third kappa shape index (κ3) is 5.16. The van der Waals surface area contributed by atoms with Gasteiger partial charge in [0.05, 0.1) is 5.69 Å². The number of halogens is 2. The Kier molecular flexibility index (Phi) is 6.29. The van der Waals surface area contributed by atoms with E-state index in [0.29, 0.717) is 51.3 Å². The molecule has 0 saturated carbocycles. The molecule has 0 N–H and O–H groups in total. The van der Waals surface area contributed by atoms with Crippen molar-refractivity contribution in [1.82, 2.24) is 9.80 Å². The molecule has 1 aromatic carbocycles. The highest BCUT2D eigenvalue weighted by atomic mass is 19.1. The number of nitrogens with zero attached hydrogens (tertiary/aromatic N) is 3. The van der Waals surface area contributed by atoms with Gasteiger partial charge in [0, 0.05) is 38.8 Å². The molecule has 0 bridgehead atoms. The summed E-state index contributed by atoms with van der Waals surface area (Å²) in [6, 6.07) is 3.03. The Balaban J connectivity index is 1.65. The van der Waals surface area contributed by atoms with Crippen LogP contribution in [0.3, 0.4) is 0 Å². The van der Waals surface area contributed by atoms with E-state index in [1.165, 1.54) is 17.0 Å². The average Bonchev–Trinajstić information content (AvgIpc) is 2.99. The first kappa shape index (κ1) is 21.3. The fraction of sp³-hybridized carbons (Fsp3) is 0.619. The zero-order valence-electron chi connectivity index (χ0n) is 17.3. The lowest BCUT2D eigenvalue weighted by Crippen LogP contribution is -2.49. The van der Waals surface area contributed by atoms with Crippen LogP contribution >= 0.6 is 0 Å². The number of ether oxygens (including phenoxy) is 1. The molecule has 1 aromatic rings. The quantitative estimate of drug-likeness (QED) is 0.751. The number of carbonyl (C=O) groups excluding carboxylic acids is 2. The number of likely N-dealkylation sites (tertiary alicyclic amines) is 1. The zero-order chi connectivity index (χ0) is 21.2. The number of anilines is 1. The van der Waals surface area contributed by atoms with Crippen molar-refractivity contribution in [3.8, 4) is 0 Å². The Hall–Kier alpha value is -2.38. The number of rotatable bonds is 2. The first-order chi connectivity index (χ1) is 13.7. The molecule has 2 aliphatic rings. The maximum atomic E-state index is 14.1. The first-order valence-electron chi connectivity index (χ1n) is 10.1. The van der Waals surface area contributed by atoms with Gasteiger partial charge in [-0.05, 0) is 52.2 Å². The highest BCUT2D eigenvalue weighted by Gasteiger charge is 2.39. The van der Waals surface area contributed by atoms with Crippen LogP contribution in [0.1, 0.15) is 40.0 Å². The summed E-state index contributed by atoms with van der Waals surface area (Å²) in [4.78, 5) is 30.7. The molecule has 0 aliphatic carbocycles. The van der Waals surface area contributed by atoms with Crippen molar-refractivity contribution in [2.24, 2.45) is 0 Å². The maximum Gasteiger partial charge on any atom is 0.410 e. The molecule has 2 heterocycles. The summed E-state index contributed by atoms with van der Waals surface area (Å²) in [6.07, 6.45) is 1.58. The molecule has 160 valence electrons. The van der Waals surface area contributed by atoms with E-state index in [9.17, 15) is 18.4 Å². The molecule has 3 rings (SSSR count). The number of carbonyl (C=O) groups is 2. The van der Waals surface area contributed by atoms with E-state index in [1.807, 2.05) is 4.90 Å². The van der Waals surface area contributed by atoms with Crippen LogP contribution in [0.25, 0.3) is 0 Å². The van der Waals surface area contributed by atoms with Crippen LogP contribution in [-0.4, -0.2) is 66.2 Å². The molecule has 0 aromatic heterocycles. The third-order valence-corrected chi connectivity index (χ3v) is 5.22. The number of hydrogen-bond acceptors (Lipinski definition) is 4. The van der Waals surface area contributed by atoms with Gasteiger partial charge in [-0.3, -0.25) is 9.69 Å². The lowest BCUT2D eigenvalue weighted by molar-refractivity contribution is -0.135. The maximum absolute atomic E-state index is 14.1. The molecule has 29 heavy (non-hydrogen) atoms. The summed E-state index contributed by atoms with van der Waals surface area (Å²) < 4.78 is 32.8. The molecule has 2 saturated heterocycles. The van der Waals surface area contributed by atoms with Crippen molar-refractivity contribution >= 4 is 17.7 Å². The summed E-state index contributed by atoms with van der Waals surface area (Å²) in [7, 11) is 0. The van der Waals surface area contributed by atoms with Crippen molar-refractivity contribution in [3.05, 3.63) is 29.8 Å². The molecule has 8 heteroatoms. The summed E-state index contributed by atoms with van der Waals surface area (Å²) in [5.41, 5.74) is -0.271. The summed E-state index contributed by atoms with van der Waals surface area (Å²) >= 11 is 0. The zero-order valence-corrected chi connectivity index (χ0v) is 17.3. The molecule has 1 atom stereocenters. The lowest BCUT2D eigenvalue weighted by Gasteiger charge is -2.31. The fourth-order valence-electron chi connectivity index (χ4n) is 3.89. The largest absolute Gasteiger partial charge is 0.444 e. The Bertz CT molecular complexity index is 766. The van der Waals surface area contributed by atoms with Crippen LogP contribution in [-0.2, 0) is 9.53 Å². The minimum Gasteiger partial charge on any atom is -0.444 e. The van der Waals surface area contributed by atoms with Gasteiger partial charge in [0.25, 0.3) is 0 Å². The first-order valence-corrected chi connectivity index (χ1v) is 10.1. The van der Waals surface area contributed by atoms with Crippen LogP contribution in [0.15, 0.2) is 18.2 Å². The number of benzene rings is 1. The van der Waals surface area contributed by atoms with Crippen LogP contribution in [0.2, 0.25) is 0 Å². The van der Waals surface area contributed by atoms with E-state index in [2.05, 4.69) is 0 Å². The minimum absolute atomic E-state index is 0.0882. The van der Waals surface area contributed by atoms with Crippen molar-refractivity contribution in [1.29, 1.82) is 0 Å². The molecule has 2 amide bonds. The summed E-state index contributed by atoms with van der Waals surface area (Å²) in [5, 5.41) is 0. The van der Waals surface area contributed by atoms with Gasteiger partial charge >= 0.3 is 6.09 Å². The molecule has 2 fully saturated rings. The van der Waals surface area contributed by atoms with Gasteiger partial charge in [-0.1, -0.05) is 0 Å². The van der Waals surface area contributed by atoms with Gasteiger partial charge in [0.2, 0.25) is 5.91 Å². The Morgan fingerprint density at radius 2 is 1.79 bits per heavy atom. The lowest BCUT2D eigenvalue weighted by atomic mass is 10.2. The summed E-state index contributed by atoms with van der Waals surface area (Å²) in [6.45, 7) is 7.90. The van der Waals surface area contributed by atoms with E-state index in [0.717, 1.165) is 12.5 Å². The van der Waals surface area contributed by atoms with Gasteiger partial charge in [0.15, 0.2) is 0 Å². The molecule has 0 unspecified atom stereocenters. The molecule has 0 spiro atoms. The second-order valence-corrected chi connectivity index (χ2v) is 8.59. The topological polar surface area (TPSA) is 53.1 Å². The average molecular weight is 409 g/mol. The normalized spacial score (nSPS) is 20.6. The van der Waals surface area contributed by atoms with Crippen LogP contribution in [0, 0.1) is 11.6 Å². The van der Waals surface area contributed by atoms with E-state index in [-0.39, 0.29) is 5.91 Å². The molecule has 0 radical (unpaired) electrons. The molecule has 6 nitrogen and oxygen atoms in total. The highest BCUT2D eigenvalue weighted by molar-refractivity contribution is 5.86. The van der Waals surface area contributed by atoms with Crippen molar-refractivity contribution in [2.75, 3.05) is 37.6 Å². The van der Waals surface area contributed by atoms with Crippen LogP contribution < -0.4 is 4.90 Å². The van der Waals surface area contributed by atoms with Crippen LogP contribution in [0.4, 0.5) is 19.3 Å². The minimum atomic E-state index is -0.615. The van der Waals surface area contributed by atoms with Gasteiger partial charge in [-0.2, -0.15) is 0 Å². The van der Waals surface area contributed by atoms with Crippen LogP contribution in [0.5, 0.6) is 0 Å². The van der Waals surface area contributed by atoms with Crippen molar-refractivity contribution in [2.45, 2.75) is 51.7 Å². The Labute approximate surface area is 170 Å². The summed E-state index contributed by atoms with van der Waals surface area (Å²) in [5.74, 6) is -1.30.